The van der Waals surface area contributed by atoms with E-state index in [2.05, 4.69) is 41.0 Å². The number of benzene rings is 1. The third-order valence-electron chi connectivity index (χ3n) is 5.87. The van der Waals surface area contributed by atoms with Gasteiger partial charge in [-0.15, -0.1) is 23.4 Å². The van der Waals surface area contributed by atoms with Crippen molar-refractivity contribution in [3.05, 3.63) is 82.9 Å². The Morgan fingerprint density at radius 1 is 0.889 bits per heavy atom. The maximum Gasteiger partial charge on any atom is 0.573 e. The summed E-state index contributed by atoms with van der Waals surface area (Å²) in [5.41, 5.74) is -1.43. The summed E-state index contributed by atoms with van der Waals surface area (Å²) < 4.78 is 110. The van der Waals surface area contributed by atoms with Gasteiger partial charge in [-0.2, -0.15) is 13.2 Å². The number of nitrogens with one attached hydrogen (secondary N) is 2. The van der Waals surface area contributed by atoms with Crippen LogP contribution in [-0.4, -0.2) is 59.3 Å². The molecule has 0 bridgehead atoms. The highest BCUT2D eigenvalue weighted by molar-refractivity contribution is 5.92. The van der Waals surface area contributed by atoms with Crippen LogP contribution >= 0.6 is 0 Å². The molecule has 0 saturated carbocycles. The minimum absolute atomic E-state index is 0.0327. The van der Waals surface area contributed by atoms with Gasteiger partial charge < -0.3 is 15.4 Å². The summed E-state index contributed by atoms with van der Waals surface area (Å²) in [6.45, 7) is -1.00. The zero-order valence-electron chi connectivity index (χ0n) is 22.6. The predicted octanol–water partition coefficient (Wildman–Crippen LogP) is 3.61. The SMILES string of the molecule is O=C(NCc1cc(OC(F)(F)F)ccc1F)c1cn(CCC(F)Cn2cc(C(=O)NCc3ccc(C(F)(F)F)cn3)nn2)nn1. The fourth-order valence-electron chi connectivity index (χ4n) is 3.68. The summed E-state index contributed by atoms with van der Waals surface area (Å²) in [4.78, 5) is 28.3. The Labute approximate surface area is 247 Å². The first kappa shape index (κ1) is 32.7. The van der Waals surface area contributed by atoms with E-state index in [1.807, 2.05) is 0 Å². The molecule has 2 amide bonds. The number of alkyl halides is 7. The smallest absolute Gasteiger partial charge is 0.406 e. The molecular formula is C25H21F8N9O3. The third kappa shape index (κ3) is 9.66. The zero-order chi connectivity index (χ0) is 32.8. The molecule has 20 heteroatoms. The number of aryl methyl sites for hydroxylation is 1. The van der Waals surface area contributed by atoms with Crippen LogP contribution in [0.1, 0.15) is 44.2 Å². The van der Waals surface area contributed by atoms with Gasteiger partial charge in [0.2, 0.25) is 0 Å². The number of amides is 2. The molecule has 1 aromatic carbocycles. The number of pyridine rings is 1. The number of hydrogen-bond acceptors (Lipinski definition) is 8. The van der Waals surface area contributed by atoms with E-state index >= 15 is 0 Å². The summed E-state index contributed by atoms with van der Waals surface area (Å²) in [5.74, 6) is -3.07. The molecule has 12 nitrogen and oxygen atoms in total. The number of halogens is 8. The standard InChI is InChI=1S/C25H21F8N9O3/c26-16(11-42-13-21(38-40-42)23(44)36-10-17-2-1-15(9-34-17)24(28,29)30)5-6-41-12-20(37-39-41)22(43)35-8-14-7-18(3-4-19(14)27)45-25(31,32)33/h1-4,7,9,12-13,16H,5-6,8,10-11H2,(H,35,43)(H,36,44). The van der Waals surface area contributed by atoms with Gasteiger partial charge in [0.15, 0.2) is 11.4 Å². The molecule has 240 valence electrons. The lowest BCUT2D eigenvalue weighted by atomic mass is 10.2. The van der Waals surface area contributed by atoms with Crippen LogP contribution in [0.4, 0.5) is 35.1 Å². The quantitative estimate of drug-likeness (QED) is 0.222. The molecule has 1 atom stereocenters. The fourth-order valence-corrected chi connectivity index (χ4v) is 3.68. The lowest BCUT2D eigenvalue weighted by Gasteiger charge is -2.11. The average molecular weight is 647 g/mol. The van der Waals surface area contributed by atoms with Gasteiger partial charge in [-0.1, -0.05) is 10.4 Å². The van der Waals surface area contributed by atoms with Crippen LogP contribution in [0.5, 0.6) is 5.75 Å². The molecule has 3 heterocycles. The van der Waals surface area contributed by atoms with Crippen molar-refractivity contribution in [2.45, 2.75) is 51.3 Å². The average Bonchev–Trinajstić information content (AvgIpc) is 3.64. The van der Waals surface area contributed by atoms with E-state index in [1.54, 1.807) is 0 Å². The number of ether oxygens (including phenoxy) is 1. The number of aromatic nitrogens is 7. The van der Waals surface area contributed by atoms with Crippen LogP contribution in [0.3, 0.4) is 0 Å². The van der Waals surface area contributed by atoms with Crippen LogP contribution in [0, 0.1) is 5.82 Å². The highest BCUT2D eigenvalue weighted by atomic mass is 19.4. The second-order valence-corrected chi connectivity index (χ2v) is 9.28. The second kappa shape index (κ2) is 13.6. The van der Waals surface area contributed by atoms with Crippen molar-refractivity contribution in [3.8, 4) is 5.75 Å². The number of carbonyl (C=O) groups is 2. The van der Waals surface area contributed by atoms with Crippen molar-refractivity contribution in [2.24, 2.45) is 0 Å². The molecule has 4 aromatic rings. The van der Waals surface area contributed by atoms with Crippen LogP contribution in [0.25, 0.3) is 0 Å². The first-order chi connectivity index (χ1) is 21.2. The largest absolute Gasteiger partial charge is 0.573 e. The summed E-state index contributed by atoms with van der Waals surface area (Å²) in [6.07, 6.45) is -8.15. The first-order valence-corrected chi connectivity index (χ1v) is 12.7. The zero-order valence-corrected chi connectivity index (χ0v) is 22.6. The van der Waals surface area contributed by atoms with Crippen molar-refractivity contribution in [1.82, 2.24) is 45.6 Å². The minimum Gasteiger partial charge on any atom is -0.406 e. The lowest BCUT2D eigenvalue weighted by molar-refractivity contribution is -0.274. The highest BCUT2D eigenvalue weighted by Gasteiger charge is 2.32. The summed E-state index contributed by atoms with van der Waals surface area (Å²) in [5, 5.41) is 19.4. The fraction of sp³-hybridized carbons (Fsp3) is 0.320. The first-order valence-electron chi connectivity index (χ1n) is 12.7. The van der Waals surface area contributed by atoms with Gasteiger partial charge in [-0.05, 0) is 30.3 Å². The second-order valence-electron chi connectivity index (χ2n) is 9.28. The Balaban J connectivity index is 1.21. The molecule has 0 radical (unpaired) electrons. The number of nitrogens with zero attached hydrogens (tertiary/aromatic N) is 7. The summed E-state index contributed by atoms with van der Waals surface area (Å²) in [7, 11) is 0. The van der Waals surface area contributed by atoms with Gasteiger partial charge in [0.25, 0.3) is 11.8 Å². The van der Waals surface area contributed by atoms with Gasteiger partial charge in [-0.25, -0.2) is 13.5 Å². The van der Waals surface area contributed by atoms with Gasteiger partial charge in [0.1, 0.15) is 17.7 Å². The monoisotopic (exact) mass is 647 g/mol. The number of rotatable bonds is 12. The minimum atomic E-state index is -4.98. The Hall–Kier alpha value is -5.17. The van der Waals surface area contributed by atoms with E-state index in [1.165, 1.54) is 12.4 Å². The van der Waals surface area contributed by atoms with Gasteiger partial charge >= 0.3 is 12.5 Å². The molecule has 3 aromatic heterocycles. The maximum absolute atomic E-state index is 14.6. The highest BCUT2D eigenvalue weighted by Crippen LogP contribution is 2.28. The van der Waals surface area contributed by atoms with E-state index in [0.29, 0.717) is 6.20 Å². The Morgan fingerprint density at radius 2 is 1.53 bits per heavy atom. The normalized spacial score (nSPS) is 12.5. The van der Waals surface area contributed by atoms with Crippen molar-refractivity contribution < 1.29 is 49.4 Å². The molecule has 1 unspecified atom stereocenters. The molecule has 0 aliphatic heterocycles. The van der Waals surface area contributed by atoms with Gasteiger partial charge in [0.05, 0.1) is 36.7 Å². The Kier molecular flexibility index (Phi) is 9.92. The van der Waals surface area contributed by atoms with Gasteiger partial charge in [0, 0.05) is 31.3 Å². The molecule has 2 N–H and O–H groups in total. The van der Waals surface area contributed by atoms with E-state index in [9.17, 15) is 44.7 Å². The van der Waals surface area contributed by atoms with E-state index in [-0.39, 0.29) is 48.7 Å². The van der Waals surface area contributed by atoms with Crippen molar-refractivity contribution in [3.63, 3.8) is 0 Å². The number of carbonyl (C=O) groups excluding carboxylic acids is 2. The van der Waals surface area contributed by atoms with Crippen molar-refractivity contribution in [1.29, 1.82) is 0 Å². The molecule has 0 aliphatic carbocycles. The molecule has 0 saturated heterocycles. The maximum atomic E-state index is 14.6. The molecule has 0 spiro atoms. The number of hydrogen-bond donors (Lipinski definition) is 2. The third-order valence-corrected chi connectivity index (χ3v) is 5.87. The van der Waals surface area contributed by atoms with Crippen LogP contribution < -0.4 is 15.4 Å². The Morgan fingerprint density at radius 3 is 2.16 bits per heavy atom. The predicted molar refractivity (Wildman–Crippen MR) is 134 cm³/mol. The molecular weight excluding hydrogens is 626 g/mol. The lowest BCUT2D eigenvalue weighted by Crippen LogP contribution is -2.24. The molecule has 4 rings (SSSR count). The topological polar surface area (TPSA) is 142 Å². The van der Waals surface area contributed by atoms with E-state index in [0.717, 1.165) is 39.7 Å². The van der Waals surface area contributed by atoms with Crippen LogP contribution in [-0.2, 0) is 32.4 Å². The van der Waals surface area contributed by atoms with Crippen molar-refractivity contribution in [2.75, 3.05) is 0 Å². The van der Waals surface area contributed by atoms with Crippen LogP contribution in [0.15, 0.2) is 48.9 Å². The van der Waals surface area contributed by atoms with E-state index in [4.69, 9.17) is 0 Å². The van der Waals surface area contributed by atoms with Crippen molar-refractivity contribution >= 4 is 11.8 Å². The molecule has 0 fully saturated rings. The Bertz CT molecular complexity index is 1620. The summed E-state index contributed by atoms with van der Waals surface area (Å²) in [6, 6.07) is 4.26. The summed E-state index contributed by atoms with van der Waals surface area (Å²) >= 11 is 0. The van der Waals surface area contributed by atoms with Crippen LogP contribution in [0.2, 0.25) is 0 Å². The van der Waals surface area contributed by atoms with Gasteiger partial charge in [-0.3, -0.25) is 19.3 Å². The molecule has 0 aliphatic rings. The van der Waals surface area contributed by atoms with E-state index < -0.39 is 54.2 Å². The molecule has 45 heavy (non-hydrogen) atoms.